The summed E-state index contributed by atoms with van der Waals surface area (Å²) in [5.41, 5.74) is 2.03. The molecule has 0 unspecified atom stereocenters. The minimum Gasteiger partial charge on any atom is -0.493 e. The van der Waals surface area contributed by atoms with Gasteiger partial charge >= 0.3 is 0 Å². The van der Waals surface area contributed by atoms with E-state index in [4.69, 9.17) is 18.7 Å². The molecule has 0 aliphatic carbocycles. The Morgan fingerprint density at radius 2 is 1.79 bits per heavy atom. The van der Waals surface area contributed by atoms with E-state index in [1.165, 1.54) is 11.8 Å². The van der Waals surface area contributed by atoms with Crippen molar-refractivity contribution in [3.63, 3.8) is 0 Å². The van der Waals surface area contributed by atoms with Gasteiger partial charge in [-0.2, -0.15) is 4.98 Å². The third-order valence-electron chi connectivity index (χ3n) is 5.13. The normalized spacial score (nSPS) is 11.0. The van der Waals surface area contributed by atoms with Crippen LogP contribution in [0.15, 0.2) is 58.2 Å². The number of nitrogens with zero attached hydrogens (tertiary/aromatic N) is 5. The summed E-state index contributed by atoms with van der Waals surface area (Å²) in [5, 5.41) is 13.8. The highest BCUT2D eigenvalue weighted by Gasteiger charge is 2.18. The summed E-state index contributed by atoms with van der Waals surface area (Å²) in [6, 6.07) is 15.8. The summed E-state index contributed by atoms with van der Waals surface area (Å²) in [4.78, 5) is 4.53. The molecule has 10 heteroatoms. The summed E-state index contributed by atoms with van der Waals surface area (Å²) in [5.74, 6) is 3.75. The molecule has 0 amide bonds. The van der Waals surface area contributed by atoms with Crippen LogP contribution in [0.3, 0.4) is 0 Å². The fourth-order valence-corrected chi connectivity index (χ4v) is 4.28. The molecule has 2 heterocycles. The standard InChI is InChI=1S/C24H27N5O4S/c1-30-13-7-12-29-23(18-10-11-19(31-2)20(15-18)32-3)26-27-24(29)34-16-22-25-21(28-33-22)14-17-8-5-4-6-9-17/h4-6,8-11,15H,7,12-14,16H2,1-3H3. The maximum atomic E-state index is 5.46. The number of thioether (sulfide) groups is 1. The molecule has 0 radical (unpaired) electrons. The maximum Gasteiger partial charge on any atom is 0.237 e. The monoisotopic (exact) mass is 481 g/mol. The van der Waals surface area contributed by atoms with E-state index in [1.54, 1.807) is 21.3 Å². The molecule has 4 rings (SSSR count). The van der Waals surface area contributed by atoms with Crippen molar-refractivity contribution in [3.05, 3.63) is 65.8 Å². The Morgan fingerprint density at radius 1 is 0.971 bits per heavy atom. The first-order valence-electron chi connectivity index (χ1n) is 10.8. The molecule has 0 aliphatic heterocycles. The van der Waals surface area contributed by atoms with E-state index in [1.807, 2.05) is 48.5 Å². The molecule has 0 fully saturated rings. The third-order valence-corrected chi connectivity index (χ3v) is 6.08. The van der Waals surface area contributed by atoms with E-state index >= 15 is 0 Å². The molecular formula is C24H27N5O4S. The zero-order chi connectivity index (χ0) is 23.8. The summed E-state index contributed by atoms with van der Waals surface area (Å²) in [7, 11) is 4.92. The van der Waals surface area contributed by atoms with Crippen molar-refractivity contribution < 1.29 is 18.7 Å². The molecular weight excluding hydrogens is 454 g/mol. The van der Waals surface area contributed by atoms with Gasteiger partial charge in [-0.25, -0.2) is 0 Å². The van der Waals surface area contributed by atoms with Gasteiger partial charge in [0.05, 0.1) is 20.0 Å². The molecule has 0 saturated heterocycles. The van der Waals surface area contributed by atoms with Crippen molar-refractivity contribution in [1.82, 2.24) is 24.9 Å². The van der Waals surface area contributed by atoms with Gasteiger partial charge in [-0.3, -0.25) is 0 Å². The lowest BCUT2D eigenvalue weighted by atomic mass is 10.1. The number of ether oxygens (including phenoxy) is 3. The van der Waals surface area contributed by atoms with Crippen LogP contribution in [-0.4, -0.2) is 52.8 Å². The Morgan fingerprint density at radius 3 is 2.56 bits per heavy atom. The molecule has 0 aliphatic rings. The van der Waals surface area contributed by atoms with Gasteiger partial charge in [-0.15, -0.1) is 10.2 Å². The van der Waals surface area contributed by atoms with Crippen molar-refractivity contribution in [2.45, 2.75) is 30.3 Å². The molecule has 0 saturated carbocycles. The van der Waals surface area contributed by atoms with Gasteiger partial charge < -0.3 is 23.3 Å². The lowest BCUT2D eigenvalue weighted by molar-refractivity contribution is 0.189. The minimum absolute atomic E-state index is 0.496. The lowest BCUT2D eigenvalue weighted by Gasteiger charge is -2.12. The van der Waals surface area contributed by atoms with Crippen LogP contribution in [0, 0.1) is 0 Å². The number of rotatable bonds is 12. The molecule has 4 aromatic rings. The lowest BCUT2D eigenvalue weighted by Crippen LogP contribution is -2.05. The number of aromatic nitrogens is 5. The van der Waals surface area contributed by atoms with Crippen molar-refractivity contribution in [2.75, 3.05) is 27.9 Å². The molecule has 178 valence electrons. The minimum atomic E-state index is 0.496. The zero-order valence-electron chi connectivity index (χ0n) is 19.4. The Hall–Kier alpha value is -3.37. The predicted octanol–water partition coefficient (Wildman–Crippen LogP) is 4.26. The zero-order valence-corrected chi connectivity index (χ0v) is 20.2. The molecule has 0 N–H and O–H groups in total. The number of hydrogen-bond acceptors (Lipinski definition) is 9. The molecule has 34 heavy (non-hydrogen) atoms. The summed E-state index contributed by atoms with van der Waals surface area (Å²) in [6.07, 6.45) is 1.45. The van der Waals surface area contributed by atoms with Crippen molar-refractivity contribution in [3.8, 4) is 22.9 Å². The highest BCUT2D eigenvalue weighted by Crippen LogP contribution is 2.33. The van der Waals surface area contributed by atoms with Crippen LogP contribution >= 0.6 is 11.8 Å². The second-order valence-electron chi connectivity index (χ2n) is 7.43. The first-order chi connectivity index (χ1) is 16.7. The highest BCUT2D eigenvalue weighted by atomic mass is 32.2. The van der Waals surface area contributed by atoms with Gasteiger partial charge in [0.2, 0.25) is 5.89 Å². The van der Waals surface area contributed by atoms with Gasteiger partial charge in [0.25, 0.3) is 0 Å². The predicted molar refractivity (Wildman–Crippen MR) is 128 cm³/mol. The van der Waals surface area contributed by atoms with Crippen LogP contribution in [0.4, 0.5) is 0 Å². The smallest absolute Gasteiger partial charge is 0.237 e. The topological polar surface area (TPSA) is 97.3 Å². The number of benzene rings is 2. The van der Waals surface area contributed by atoms with Crippen LogP contribution in [0.25, 0.3) is 11.4 Å². The molecule has 2 aromatic heterocycles. The largest absolute Gasteiger partial charge is 0.493 e. The number of hydrogen-bond donors (Lipinski definition) is 0. The van der Waals surface area contributed by atoms with E-state index in [0.717, 1.165) is 28.5 Å². The Kier molecular flexibility index (Phi) is 8.16. The SMILES string of the molecule is COCCCn1c(SCc2nc(Cc3ccccc3)no2)nnc1-c1ccc(OC)c(OC)c1. The Balaban J connectivity index is 1.51. The van der Waals surface area contributed by atoms with Gasteiger partial charge in [-0.05, 0) is 30.2 Å². The first-order valence-corrected chi connectivity index (χ1v) is 11.8. The first kappa shape index (κ1) is 23.8. The van der Waals surface area contributed by atoms with Crippen LogP contribution in [0.5, 0.6) is 11.5 Å². The van der Waals surface area contributed by atoms with Crippen LogP contribution in [-0.2, 0) is 23.5 Å². The second-order valence-corrected chi connectivity index (χ2v) is 8.37. The molecule has 2 aromatic carbocycles. The van der Waals surface area contributed by atoms with Crippen molar-refractivity contribution >= 4 is 11.8 Å². The van der Waals surface area contributed by atoms with Gasteiger partial charge in [-0.1, -0.05) is 47.3 Å². The molecule has 0 spiro atoms. The second kappa shape index (κ2) is 11.7. The van der Waals surface area contributed by atoms with E-state index in [2.05, 4.69) is 24.9 Å². The van der Waals surface area contributed by atoms with Crippen LogP contribution < -0.4 is 9.47 Å². The number of methoxy groups -OCH3 is 3. The average molecular weight is 482 g/mol. The summed E-state index contributed by atoms with van der Waals surface area (Å²) >= 11 is 1.51. The van der Waals surface area contributed by atoms with Crippen molar-refractivity contribution in [2.24, 2.45) is 0 Å². The van der Waals surface area contributed by atoms with E-state index in [-0.39, 0.29) is 0 Å². The highest BCUT2D eigenvalue weighted by molar-refractivity contribution is 7.98. The molecule has 9 nitrogen and oxygen atoms in total. The van der Waals surface area contributed by atoms with E-state index in [9.17, 15) is 0 Å². The van der Waals surface area contributed by atoms with Crippen LogP contribution in [0.2, 0.25) is 0 Å². The quantitative estimate of drug-likeness (QED) is 0.217. The molecule has 0 atom stereocenters. The summed E-state index contributed by atoms with van der Waals surface area (Å²) in [6.45, 7) is 1.34. The third kappa shape index (κ3) is 5.75. The van der Waals surface area contributed by atoms with Gasteiger partial charge in [0, 0.05) is 32.2 Å². The fourth-order valence-electron chi connectivity index (χ4n) is 3.48. The Labute approximate surface area is 202 Å². The Bertz CT molecular complexity index is 1200. The van der Waals surface area contributed by atoms with E-state index in [0.29, 0.717) is 48.5 Å². The maximum absolute atomic E-state index is 5.46. The van der Waals surface area contributed by atoms with Gasteiger partial charge in [0.1, 0.15) is 0 Å². The van der Waals surface area contributed by atoms with Crippen molar-refractivity contribution in [1.29, 1.82) is 0 Å². The fraction of sp³-hybridized carbons (Fsp3) is 0.333. The average Bonchev–Trinajstić information content (AvgIpc) is 3.49. The van der Waals surface area contributed by atoms with Crippen LogP contribution in [0.1, 0.15) is 23.7 Å². The summed E-state index contributed by atoms with van der Waals surface area (Å²) < 4.78 is 23.6. The van der Waals surface area contributed by atoms with E-state index < -0.39 is 0 Å². The molecule has 0 bridgehead atoms. The van der Waals surface area contributed by atoms with Gasteiger partial charge in [0.15, 0.2) is 28.3 Å².